The first-order valence-corrected chi connectivity index (χ1v) is 11.4. The number of amidine groups is 1. The van der Waals surface area contributed by atoms with Gasteiger partial charge in [-0.25, -0.2) is 9.38 Å². The monoisotopic (exact) mass is 427 g/mol. The number of fused-ring (bicyclic) bond motifs is 1. The first-order valence-electron chi connectivity index (χ1n) is 9.75. The number of rotatable bonds is 5. The van der Waals surface area contributed by atoms with Gasteiger partial charge in [0, 0.05) is 18.0 Å². The van der Waals surface area contributed by atoms with Crippen molar-refractivity contribution in [3.05, 3.63) is 64.3 Å². The van der Waals surface area contributed by atoms with Gasteiger partial charge in [-0.2, -0.15) is 0 Å². The number of nitrogens with zero attached hydrogens (tertiary/aromatic N) is 3. The normalized spacial score (nSPS) is 20.1. The molecule has 1 amide bonds. The molecular weight excluding hydrogens is 405 g/mol. The molecule has 0 aromatic heterocycles. The van der Waals surface area contributed by atoms with Crippen LogP contribution in [-0.2, 0) is 4.79 Å². The molecular formula is C22H22FN3OS2. The first-order chi connectivity index (χ1) is 14.1. The second-order valence-electron chi connectivity index (χ2n) is 6.73. The molecule has 0 aliphatic carbocycles. The fraction of sp³-hybridized carbons (Fsp3) is 0.273. The number of unbranched alkanes of at least 4 members (excludes halogenated alkanes) is 1. The van der Waals surface area contributed by atoms with Crippen LogP contribution >= 0.6 is 23.5 Å². The summed E-state index contributed by atoms with van der Waals surface area (Å²) in [5.41, 5.74) is 1.78. The number of carbonyl (C=O) groups excluding carboxylic acids is 1. The number of aliphatic imine (C=N–C) groups is 1. The molecule has 0 bridgehead atoms. The van der Waals surface area contributed by atoms with Crippen molar-refractivity contribution < 1.29 is 9.18 Å². The smallest absolute Gasteiger partial charge is 0.269 e. The van der Waals surface area contributed by atoms with Crippen LogP contribution in [0.15, 0.2) is 68.4 Å². The number of amides is 1. The lowest BCUT2D eigenvalue weighted by Crippen LogP contribution is -2.30. The maximum absolute atomic E-state index is 13.3. The maximum atomic E-state index is 13.3. The minimum absolute atomic E-state index is 0.00179. The van der Waals surface area contributed by atoms with Crippen LogP contribution in [0.3, 0.4) is 0 Å². The Kier molecular flexibility index (Phi) is 5.96. The molecule has 2 aliphatic rings. The van der Waals surface area contributed by atoms with E-state index in [-0.39, 0.29) is 11.7 Å². The van der Waals surface area contributed by atoms with Crippen LogP contribution in [0.1, 0.15) is 26.7 Å². The molecule has 2 aromatic carbocycles. The minimum Gasteiger partial charge on any atom is -0.334 e. The highest BCUT2D eigenvalue weighted by atomic mass is 32.2. The molecule has 0 spiro atoms. The molecule has 1 saturated heterocycles. The van der Waals surface area contributed by atoms with Crippen molar-refractivity contribution >= 4 is 46.0 Å². The molecule has 29 heavy (non-hydrogen) atoms. The van der Waals surface area contributed by atoms with E-state index in [0.29, 0.717) is 22.3 Å². The van der Waals surface area contributed by atoms with E-state index in [1.54, 1.807) is 28.8 Å². The van der Waals surface area contributed by atoms with Crippen LogP contribution < -0.4 is 4.90 Å². The Morgan fingerprint density at radius 3 is 2.48 bits per heavy atom. The molecule has 0 N–H and O–H groups in total. The summed E-state index contributed by atoms with van der Waals surface area (Å²) in [5.74, 6) is -0.300. The zero-order valence-electron chi connectivity index (χ0n) is 16.4. The molecule has 150 valence electrons. The summed E-state index contributed by atoms with van der Waals surface area (Å²) in [4.78, 5) is 23.8. The number of anilines is 1. The van der Waals surface area contributed by atoms with Crippen molar-refractivity contribution in [2.75, 3.05) is 18.0 Å². The van der Waals surface area contributed by atoms with Crippen LogP contribution in [0.2, 0.25) is 0 Å². The second kappa shape index (κ2) is 8.63. The van der Waals surface area contributed by atoms with Gasteiger partial charge in [-0.05, 0) is 61.5 Å². The van der Waals surface area contributed by atoms with Crippen LogP contribution in [0.4, 0.5) is 15.8 Å². The van der Waals surface area contributed by atoms with Gasteiger partial charge in [-0.1, -0.05) is 37.2 Å². The van der Waals surface area contributed by atoms with E-state index in [2.05, 4.69) is 35.9 Å². The Bertz CT molecular complexity index is 988. The Labute approximate surface area is 178 Å². The van der Waals surface area contributed by atoms with E-state index in [0.717, 1.165) is 35.0 Å². The summed E-state index contributed by atoms with van der Waals surface area (Å²) in [5, 5.41) is 1.62. The molecule has 0 atom stereocenters. The topological polar surface area (TPSA) is 35.9 Å². The quantitative estimate of drug-likeness (QED) is 0.549. The van der Waals surface area contributed by atoms with E-state index in [1.165, 1.54) is 23.9 Å². The highest BCUT2D eigenvalue weighted by molar-refractivity contribution is 8.19. The van der Waals surface area contributed by atoms with Gasteiger partial charge in [0.25, 0.3) is 5.91 Å². The number of para-hydroxylation sites is 1. The summed E-state index contributed by atoms with van der Waals surface area (Å²) < 4.78 is 13.2. The first kappa shape index (κ1) is 20.0. The molecule has 2 aromatic rings. The number of carbonyl (C=O) groups is 1. The lowest BCUT2D eigenvalue weighted by molar-refractivity contribution is -0.122. The molecule has 0 unspecified atom stereocenters. The van der Waals surface area contributed by atoms with Gasteiger partial charge in [0.2, 0.25) is 0 Å². The summed E-state index contributed by atoms with van der Waals surface area (Å²) in [6, 6.07) is 14.3. The Morgan fingerprint density at radius 2 is 1.76 bits per heavy atom. The van der Waals surface area contributed by atoms with Crippen molar-refractivity contribution in [1.29, 1.82) is 0 Å². The number of hydrogen-bond acceptors (Lipinski definition) is 5. The fourth-order valence-electron chi connectivity index (χ4n) is 3.28. The Hall–Kier alpha value is -2.25. The van der Waals surface area contributed by atoms with Gasteiger partial charge in [-0.15, -0.1) is 0 Å². The van der Waals surface area contributed by atoms with Crippen molar-refractivity contribution in [1.82, 2.24) is 4.90 Å². The second-order valence-corrected chi connectivity index (χ2v) is 8.74. The molecule has 2 heterocycles. The predicted molar refractivity (Wildman–Crippen MR) is 120 cm³/mol. The van der Waals surface area contributed by atoms with Crippen LogP contribution in [0.25, 0.3) is 0 Å². The zero-order valence-corrected chi connectivity index (χ0v) is 18.0. The third-order valence-electron chi connectivity index (χ3n) is 4.77. The third-order valence-corrected chi connectivity index (χ3v) is 7.15. The average Bonchev–Trinajstić information content (AvgIpc) is 3.25. The highest BCUT2D eigenvalue weighted by Crippen LogP contribution is 2.50. The summed E-state index contributed by atoms with van der Waals surface area (Å²) >= 11 is 3.05. The van der Waals surface area contributed by atoms with Gasteiger partial charge in [0.05, 0.1) is 11.4 Å². The summed E-state index contributed by atoms with van der Waals surface area (Å²) in [6.45, 7) is 5.61. The van der Waals surface area contributed by atoms with Gasteiger partial charge < -0.3 is 4.90 Å². The third kappa shape index (κ3) is 3.94. The van der Waals surface area contributed by atoms with E-state index >= 15 is 0 Å². The highest BCUT2D eigenvalue weighted by Gasteiger charge is 2.39. The lowest BCUT2D eigenvalue weighted by Gasteiger charge is -2.19. The zero-order chi connectivity index (χ0) is 20.4. The van der Waals surface area contributed by atoms with E-state index in [9.17, 15) is 9.18 Å². The van der Waals surface area contributed by atoms with Crippen molar-refractivity contribution in [2.24, 2.45) is 4.99 Å². The SMILES string of the molecule is CCCCN1C(=O)C(=C2Sc3ccccc3N2CC)SC1=Nc1ccc(F)cc1. The van der Waals surface area contributed by atoms with Gasteiger partial charge in [0.1, 0.15) is 15.8 Å². The van der Waals surface area contributed by atoms with Crippen LogP contribution in [-0.4, -0.2) is 29.1 Å². The molecule has 0 saturated carbocycles. The van der Waals surface area contributed by atoms with Crippen molar-refractivity contribution in [2.45, 2.75) is 31.6 Å². The Morgan fingerprint density at radius 1 is 1.00 bits per heavy atom. The molecule has 2 aliphatic heterocycles. The molecule has 1 fully saturated rings. The van der Waals surface area contributed by atoms with Crippen molar-refractivity contribution in [3.63, 3.8) is 0 Å². The Balaban J connectivity index is 1.73. The lowest BCUT2D eigenvalue weighted by atomic mass is 10.3. The average molecular weight is 428 g/mol. The molecule has 0 radical (unpaired) electrons. The van der Waals surface area contributed by atoms with Gasteiger partial charge >= 0.3 is 0 Å². The van der Waals surface area contributed by atoms with E-state index in [1.807, 2.05) is 12.1 Å². The van der Waals surface area contributed by atoms with Crippen molar-refractivity contribution in [3.8, 4) is 0 Å². The summed E-state index contributed by atoms with van der Waals surface area (Å²) in [7, 11) is 0. The molecule has 4 rings (SSSR count). The predicted octanol–water partition coefficient (Wildman–Crippen LogP) is 5.99. The molecule has 7 heteroatoms. The minimum atomic E-state index is -0.298. The van der Waals surface area contributed by atoms with Gasteiger partial charge in [-0.3, -0.25) is 9.69 Å². The van der Waals surface area contributed by atoms with E-state index in [4.69, 9.17) is 0 Å². The summed E-state index contributed by atoms with van der Waals surface area (Å²) in [6.07, 6.45) is 1.90. The number of halogens is 1. The standard InChI is InChI=1S/C22H22FN3OS2/c1-3-5-14-26-20(27)19(29-22(26)24-16-12-10-15(23)11-13-16)21-25(4-2)17-8-6-7-9-18(17)28-21/h6-13H,3-5,14H2,1-2H3. The molecule has 4 nitrogen and oxygen atoms in total. The van der Waals surface area contributed by atoms with E-state index < -0.39 is 0 Å². The van der Waals surface area contributed by atoms with Crippen LogP contribution in [0, 0.1) is 5.82 Å². The van der Waals surface area contributed by atoms with Gasteiger partial charge in [0.15, 0.2) is 5.17 Å². The number of benzene rings is 2. The largest absolute Gasteiger partial charge is 0.334 e. The maximum Gasteiger partial charge on any atom is 0.269 e. The number of thioether (sulfide) groups is 2. The van der Waals surface area contributed by atoms with Crippen LogP contribution in [0.5, 0.6) is 0 Å². The fourth-order valence-corrected chi connectivity index (χ4v) is 5.69. The number of hydrogen-bond donors (Lipinski definition) is 0.